The molecule has 0 fully saturated rings. The Balaban J connectivity index is 1.71. The van der Waals surface area contributed by atoms with Crippen molar-refractivity contribution < 1.29 is 4.79 Å². The van der Waals surface area contributed by atoms with E-state index in [9.17, 15) is 4.79 Å². The van der Waals surface area contributed by atoms with Gasteiger partial charge in [-0.05, 0) is 25.5 Å². The monoisotopic (exact) mass is 412 g/mol. The number of hydrogen-bond acceptors (Lipinski definition) is 6. The zero-order valence-corrected chi connectivity index (χ0v) is 16.6. The highest BCUT2D eigenvalue weighted by Gasteiger charge is 2.13. The number of aromatic nitrogens is 3. The number of thioether (sulfide) groups is 1. The molecule has 3 heterocycles. The number of nitrogens with one attached hydrogen (secondary N) is 1. The number of carbonyl (C=O) groups excluding carboxylic acids is 1. The van der Waals surface area contributed by atoms with Crippen LogP contribution in [-0.2, 0) is 11.2 Å². The number of hydrogen-bond donors (Lipinski definition) is 1. The summed E-state index contributed by atoms with van der Waals surface area (Å²) in [5.74, 6) is 0.299. The first-order valence-corrected chi connectivity index (χ1v) is 10.0. The number of aryl methyl sites for hydroxylation is 2. The second-order valence-electron chi connectivity index (χ2n) is 5.19. The Hall–Kier alpha value is -1.41. The van der Waals surface area contributed by atoms with E-state index in [-0.39, 0.29) is 11.7 Å². The number of halogens is 2. The Morgan fingerprint density at radius 3 is 2.84 bits per heavy atom. The van der Waals surface area contributed by atoms with Crippen LogP contribution in [0.15, 0.2) is 23.5 Å². The van der Waals surface area contributed by atoms with Gasteiger partial charge in [-0.25, -0.2) is 15.0 Å². The van der Waals surface area contributed by atoms with Gasteiger partial charge >= 0.3 is 0 Å². The van der Waals surface area contributed by atoms with E-state index in [0.717, 1.165) is 21.7 Å². The minimum absolute atomic E-state index is 0.198. The zero-order valence-electron chi connectivity index (χ0n) is 13.5. The maximum atomic E-state index is 12.2. The highest BCUT2D eigenvalue weighted by molar-refractivity contribution is 8.00. The summed E-state index contributed by atoms with van der Waals surface area (Å²) < 4.78 is 0. The van der Waals surface area contributed by atoms with E-state index in [1.807, 2.05) is 0 Å². The van der Waals surface area contributed by atoms with Crippen LogP contribution >= 0.6 is 46.3 Å². The summed E-state index contributed by atoms with van der Waals surface area (Å²) in [5, 5.41) is 5.26. The lowest BCUT2D eigenvalue weighted by molar-refractivity contribution is -0.113. The summed E-state index contributed by atoms with van der Waals surface area (Å²) in [4.78, 5) is 27.2. The van der Waals surface area contributed by atoms with Crippen molar-refractivity contribution in [2.24, 2.45) is 0 Å². The molecule has 1 amide bonds. The molecule has 130 valence electrons. The summed E-state index contributed by atoms with van der Waals surface area (Å²) in [6, 6.07) is 3.65. The lowest BCUT2D eigenvalue weighted by atomic mass is 10.3. The zero-order chi connectivity index (χ0) is 18.0. The normalized spacial score (nSPS) is 11.0. The maximum Gasteiger partial charge on any atom is 0.235 e. The quantitative estimate of drug-likeness (QED) is 0.471. The molecule has 3 aromatic heterocycles. The van der Waals surface area contributed by atoms with Gasteiger partial charge in [-0.1, -0.05) is 41.9 Å². The first-order valence-electron chi connectivity index (χ1n) is 7.46. The summed E-state index contributed by atoms with van der Waals surface area (Å²) >= 11 is 15.0. The Bertz CT molecular complexity index is 945. The molecule has 0 bridgehead atoms. The molecule has 0 aliphatic rings. The van der Waals surface area contributed by atoms with Gasteiger partial charge in [-0.15, -0.1) is 11.3 Å². The Kier molecular flexibility index (Phi) is 5.78. The van der Waals surface area contributed by atoms with E-state index in [1.165, 1.54) is 23.0 Å². The van der Waals surface area contributed by atoms with Gasteiger partial charge in [0.25, 0.3) is 0 Å². The highest BCUT2D eigenvalue weighted by Crippen LogP contribution is 2.31. The number of nitrogens with zero attached hydrogens (tertiary/aromatic N) is 3. The first-order chi connectivity index (χ1) is 12.0. The van der Waals surface area contributed by atoms with Crippen molar-refractivity contribution in [1.82, 2.24) is 15.0 Å². The van der Waals surface area contributed by atoms with Crippen LogP contribution in [0.1, 0.15) is 17.5 Å². The Morgan fingerprint density at radius 2 is 2.08 bits per heavy atom. The number of rotatable bonds is 5. The molecule has 0 saturated carbocycles. The number of pyridine rings is 1. The molecule has 9 heteroatoms. The average molecular weight is 413 g/mol. The summed E-state index contributed by atoms with van der Waals surface area (Å²) in [6.45, 7) is 3.85. The number of thiophene rings is 1. The van der Waals surface area contributed by atoms with E-state index in [2.05, 4.69) is 33.3 Å². The molecule has 1 N–H and O–H groups in total. The Morgan fingerprint density at radius 1 is 1.28 bits per heavy atom. The molecule has 5 nitrogen and oxygen atoms in total. The predicted octanol–water partition coefficient (Wildman–Crippen LogP) is 4.99. The highest BCUT2D eigenvalue weighted by atomic mass is 35.5. The summed E-state index contributed by atoms with van der Waals surface area (Å²) in [7, 11) is 0. The third-order valence-corrected chi connectivity index (χ3v) is 6.26. The lowest BCUT2D eigenvalue weighted by Crippen LogP contribution is -2.15. The van der Waals surface area contributed by atoms with Crippen molar-refractivity contribution in [1.29, 1.82) is 0 Å². The van der Waals surface area contributed by atoms with Gasteiger partial charge in [0.2, 0.25) is 5.91 Å². The van der Waals surface area contributed by atoms with Crippen molar-refractivity contribution in [3.8, 4) is 0 Å². The molecule has 0 unspecified atom stereocenters. The molecular weight excluding hydrogens is 399 g/mol. The van der Waals surface area contributed by atoms with Crippen LogP contribution in [0.5, 0.6) is 0 Å². The number of anilines is 1. The molecule has 3 rings (SSSR count). The molecule has 0 spiro atoms. The molecule has 0 atom stereocenters. The van der Waals surface area contributed by atoms with Crippen molar-refractivity contribution in [3.05, 3.63) is 39.1 Å². The molecular formula is C16H14Cl2N4OS2. The molecule has 0 aliphatic carbocycles. The van der Waals surface area contributed by atoms with Crippen LogP contribution in [0.25, 0.3) is 10.2 Å². The van der Waals surface area contributed by atoms with Crippen LogP contribution in [0.2, 0.25) is 10.0 Å². The van der Waals surface area contributed by atoms with E-state index in [1.54, 1.807) is 24.3 Å². The average Bonchev–Trinajstić information content (AvgIpc) is 3.01. The summed E-state index contributed by atoms with van der Waals surface area (Å²) in [5.41, 5.74) is 0.608. The first kappa shape index (κ1) is 18.4. The van der Waals surface area contributed by atoms with Crippen LogP contribution < -0.4 is 5.32 Å². The smallest absolute Gasteiger partial charge is 0.235 e. The SMILES string of the molecule is CCc1cc2c(SCC(=O)Nc3nc(C)c(Cl)cc3Cl)ncnc2s1. The third-order valence-electron chi connectivity index (χ3n) is 3.39. The van der Waals surface area contributed by atoms with E-state index in [0.29, 0.717) is 21.6 Å². The van der Waals surface area contributed by atoms with E-state index in [4.69, 9.17) is 23.2 Å². The minimum atomic E-state index is -0.209. The second-order valence-corrected chi connectivity index (χ2v) is 8.08. The van der Waals surface area contributed by atoms with Gasteiger partial charge in [0.15, 0.2) is 5.82 Å². The van der Waals surface area contributed by atoms with Crippen LogP contribution in [0.3, 0.4) is 0 Å². The second kappa shape index (κ2) is 7.86. The molecule has 0 saturated heterocycles. The van der Waals surface area contributed by atoms with Crippen LogP contribution in [-0.4, -0.2) is 26.6 Å². The fourth-order valence-electron chi connectivity index (χ4n) is 2.12. The van der Waals surface area contributed by atoms with Crippen LogP contribution in [0, 0.1) is 6.92 Å². The minimum Gasteiger partial charge on any atom is -0.309 e. The molecule has 0 radical (unpaired) electrons. The van der Waals surface area contributed by atoms with E-state index >= 15 is 0 Å². The van der Waals surface area contributed by atoms with Crippen LogP contribution in [0.4, 0.5) is 5.82 Å². The fraction of sp³-hybridized carbons (Fsp3) is 0.250. The Labute approximate surface area is 163 Å². The summed E-state index contributed by atoms with van der Waals surface area (Å²) in [6.07, 6.45) is 2.48. The lowest BCUT2D eigenvalue weighted by Gasteiger charge is -2.08. The molecule has 0 aromatic carbocycles. The van der Waals surface area contributed by atoms with Crippen molar-refractivity contribution in [2.75, 3.05) is 11.1 Å². The van der Waals surface area contributed by atoms with Gasteiger partial charge < -0.3 is 5.32 Å². The molecule has 0 aliphatic heterocycles. The number of amides is 1. The van der Waals surface area contributed by atoms with Crippen molar-refractivity contribution >= 4 is 68.2 Å². The van der Waals surface area contributed by atoms with Gasteiger partial charge in [0.05, 0.1) is 21.5 Å². The van der Waals surface area contributed by atoms with Gasteiger partial charge in [-0.3, -0.25) is 4.79 Å². The largest absolute Gasteiger partial charge is 0.309 e. The third kappa shape index (κ3) is 4.23. The standard InChI is InChI=1S/C16H14Cl2N4OS2/c1-3-9-4-10-15(19-7-20-16(10)25-9)24-6-13(23)22-14-12(18)5-11(17)8(2)21-14/h4-5,7H,3,6H2,1-2H3,(H,21,22,23). The fourth-order valence-corrected chi connectivity index (χ4v) is 4.30. The predicted molar refractivity (Wildman–Crippen MR) is 105 cm³/mol. The molecule has 3 aromatic rings. The number of fused-ring (bicyclic) bond motifs is 1. The van der Waals surface area contributed by atoms with Gasteiger partial charge in [-0.2, -0.15) is 0 Å². The van der Waals surface area contributed by atoms with E-state index < -0.39 is 0 Å². The van der Waals surface area contributed by atoms with Crippen molar-refractivity contribution in [3.63, 3.8) is 0 Å². The van der Waals surface area contributed by atoms with Gasteiger partial charge in [0.1, 0.15) is 16.2 Å². The maximum absolute atomic E-state index is 12.2. The number of carbonyl (C=O) groups is 1. The van der Waals surface area contributed by atoms with Gasteiger partial charge in [0, 0.05) is 10.3 Å². The van der Waals surface area contributed by atoms with Crippen molar-refractivity contribution in [2.45, 2.75) is 25.3 Å². The molecule has 25 heavy (non-hydrogen) atoms. The topological polar surface area (TPSA) is 67.8 Å².